The number of hydrogen-bond donors (Lipinski definition) is 0. The van der Waals surface area contributed by atoms with Gasteiger partial charge in [-0.05, 0) is 0 Å². The van der Waals surface area contributed by atoms with Gasteiger partial charge in [0.05, 0.1) is 0 Å². The fraction of sp³-hybridized carbons (Fsp3) is 1.00. The molecular formula is C6H20O3P2S. The van der Waals surface area contributed by atoms with E-state index in [1.165, 1.54) is 0 Å². The zero-order valence-corrected chi connectivity index (χ0v) is 11.4. The Balaban J connectivity index is 3.92. The van der Waals surface area contributed by atoms with Crippen LogP contribution >= 0.6 is 15.0 Å². The minimum absolute atomic E-state index is 1.54. The second-order valence-corrected chi connectivity index (χ2v) is 14.8. The normalized spacial score (nSPS) is 18.8. The molecule has 0 N–H and O–H groups in total. The van der Waals surface area contributed by atoms with Crippen molar-refractivity contribution in [3.63, 3.8) is 0 Å². The molecule has 0 bridgehead atoms. The Hall–Kier alpha value is 0.930. The molecule has 0 aromatic rings. The Morgan fingerprint density at radius 1 is 0.833 bits per heavy atom. The van der Waals surface area contributed by atoms with Crippen molar-refractivity contribution in [2.24, 2.45) is 0 Å². The van der Waals surface area contributed by atoms with E-state index < -0.39 is 26.3 Å². The van der Waals surface area contributed by atoms with Gasteiger partial charge in [0.25, 0.3) is 0 Å². The Morgan fingerprint density at radius 3 is 1.25 bits per heavy atom. The summed E-state index contributed by atoms with van der Waals surface area (Å²) in [6.45, 7) is 11.9. The first-order chi connectivity index (χ1) is 5.10. The summed E-state index contributed by atoms with van der Waals surface area (Å²) >= 11 is -1.54. The van der Waals surface area contributed by atoms with Crippen molar-refractivity contribution in [3.8, 4) is 0 Å². The van der Waals surface area contributed by atoms with Gasteiger partial charge in [-0.1, -0.05) is 0 Å². The van der Waals surface area contributed by atoms with Gasteiger partial charge in [0.1, 0.15) is 0 Å². The summed E-state index contributed by atoms with van der Waals surface area (Å²) in [5.41, 5.74) is 0. The van der Waals surface area contributed by atoms with E-state index in [0.717, 1.165) is 0 Å². The van der Waals surface area contributed by atoms with Gasteiger partial charge < -0.3 is 0 Å². The average molecular weight is 234 g/mol. The maximum absolute atomic E-state index is 11.2. The van der Waals surface area contributed by atoms with E-state index in [2.05, 4.69) is 0 Å². The Kier molecular flexibility index (Phi) is 4.78. The molecule has 12 heavy (non-hydrogen) atoms. The van der Waals surface area contributed by atoms with E-state index in [-0.39, 0.29) is 0 Å². The monoisotopic (exact) mass is 234 g/mol. The van der Waals surface area contributed by atoms with Crippen molar-refractivity contribution in [1.82, 2.24) is 0 Å². The van der Waals surface area contributed by atoms with Gasteiger partial charge in [0, 0.05) is 0 Å². The molecule has 0 spiro atoms. The standard InChI is InChI=1S/C6H20O3P2S/c1-10(2,3)8-12(7)9-11(4,5)6/h10-11H,1-6H3. The summed E-state index contributed by atoms with van der Waals surface area (Å²) < 4.78 is 21.7. The van der Waals surface area contributed by atoms with Crippen LogP contribution in [0.3, 0.4) is 0 Å². The van der Waals surface area contributed by atoms with Gasteiger partial charge >= 0.3 is 78.5 Å². The second-order valence-electron chi connectivity index (χ2n) is 4.60. The third kappa shape index (κ3) is 9.02. The summed E-state index contributed by atoms with van der Waals surface area (Å²) in [5.74, 6) is 0. The zero-order valence-electron chi connectivity index (χ0n) is 8.63. The van der Waals surface area contributed by atoms with Gasteiger partial charge in [-0.15, -0.1) is 0 Å². The van der Waals surface area contributed by atoms with Crippen molar-refractivity contribution < 1.29 is 12.1 Å². The molecule has 0 atom stereocenters. The summed E-state index contributed by atoms with van der Waals surface area (Å²) in [6, 6.07) is 0. The van der Waals surface area contributed by atoms with Crippen molar-refractivity contribution >= 4 is 26.3 Å². The molecule has 0 fully saturated rings. The van der Waals surface area contributed by atoms with E-state index in [4.69, 9.17) is 7.94 Å². The molecule has 3 nitrogen and oxygen atoms in total. The summed E-state index contributed by atoms with van der Waals surface area (Å²) in [5, 5.41) is 0. The predicted molar refractivity (Wildman–Crippen MR) is 62.5 cm³/mol. The molecule has 0 aliphatic heterocycles. The Bertz CT molecular complexity index is 153. The van der Waals surface area contributed by atoms with Crippen LogP contribution in [0.15, 0.2) is 0 Å². The van der Waals surface area contributed by atoms with Crippen LogP contribution < -0.4 is 0 Å². The fourth-order valence-corrected chi connectivity index (χ4v) is 4.13. The van der Waals surface area contributed by atoms with E-state index in [9.17, 15) is 4.21 Å². The van der Waals surface area contributed by atoms with E-state index in [1.54, 1.807) is 0 Å². The van der Waals surface area contributed by atoms with Gasteiger partial charge in [-0.3, -0.25) is 0 Å². The Morgan fingerprint density at radius 2 is 1.08 bits per heavy atom. The predicted octanol–water partition coefficient (Wildman–Crippen LogP) is 1.71. The summed E-state index contributed by atoms with van der Waals surface area (Å²) in [6.07, 6.45) is 0. The Labute approximate surface area is 78.9 Å². The molecule has 78 valence electrons. The third-order valence-corrected chi connectivity index (χ3v) is 5.72. The van der Waals surface area contributed by atoms with Crippen LogP contribution in [0.2, 0.25) is 0 Å². The molecule has 0 aliphatic carbocycles. The van der Waals surface area contributed by atoms with Crippen LogP contribution in [0.4, 0.5) is 0 Å². The van der Waals surface area contributed by atoms with Gasteiger partial charge in [0.2, 0.25) is 0 Å². The molecule has 6 heteroatoms. The first-order valence-electron chi connectivity index (χ1n) is 3.91. The van der Waals surface area contributed by atoms with Gasteiger partial charge in [-0.2, -0.15) is 0 Å². The first kappa shape index (κ1) is 12.9. The van der Waals surface area contributed by atoms with Crippen molar-refractivity contribution in [2.45, 2.75) is 0 Å². The van der Waals surface area contributed by atoms with E-state index in [0.29, 0.717) is 0 Å². The minimum atomic E-state index is -1.72. The molecular weight excluding hydrogens is 214 g/mol. The molecule has 0 unspecified atom stereocenters. The first-order valence-corrected chi connectivity index (χ1v) is 11.7. The molecule has 0 aromatic heterocycles. The van der Waals surface area contributed by atoms with Crippen molar-refractivity contribution in [2.75, 3.05) is 40.0 Å². The number of hydrogen-bond acceptors (Lipinski definition) is 3. The van der Waals surface area contributed by atoms with Crippen molar-refractivity contribution in [3.05, 3.63) is 0 Å². The molecule has 0 saturated carbocycles. The maximum atomic E-state index is 11.2. The molecule has 0 aliphatic rings. The van der Waals surface area contributed by atoms with Crippen LogP contribution in [0.1, 0.15) is 0 Å². The molecule has 0 radical (unpaired) electrons. The van der Waals surface area contributed by atoms with Crippen LogP contribution in [-0.4, -0.2) is 44.2 Å². The topological polar surface area (TPSA) is 35.5 Å². The zero-order chi connectivity index (χ0) is 9.99. The number of rotatable bonds is 4. The average Bonchev–Trinajstić information content (AvgIpc) is 1.49. The molecule has 0 heterocycles. The van der Waals surface area contributed by atoms with Gasteiger partial charge in [-0.25, -0.2) is 0 Å². The quantitative estimate of drug-likeness (QED) is 0.695. The SMILES string of the molecule is C[PH](C)(C)OS(=O)O[PH](C)(C)C. The molecule has 0 aromatic carbocycles. The third-order valence-electron chi connectivity index (χ3n) is 0.636. The summed E-state index contributed by atoms with van der Waals surface area (Å²) in [7, 11) is -3.45. The summed E-state index contributed by atoms with van der Waals surface area (Å²) in [4.78, 5) is 0. The van der Waals surface area contributed by atoms with E-state index in [1.807, 2.05) is 40.0 Å². The van der Waals surface area contributed by atoms with Crippen molar-refractivity contribution in [1.29, 1.82) is 0 Å². The van der Waals surface area contributed by atoms with Crippen LogP contribution in [0.25, 0.3) is 0 Å². The molecule has 0 saturated heterocycles. The fourth-order valence-electron chi connectivity index (χ4n) is 0.425. The van der Waals surface area contributed by atoms with E-state index >= 15 is 0 Å². The second kappa shape index (κ2) is 4.43. The van der Waals surface area contributed by atoms with Crippen LogP contribution in [0, 0.1) is 0 Å². The molecule has 0 amide bonds. The van der Waals surface area contributed by atoms with Gasteiger partial charge in [0.15, 0.2) is 0 Å². The van der Waals surface area contributed by atoms with Crippen LogP contribution in [-0.2, 0) is 19.3 Å². The molecule has 0 rings (SSSR count). The van der Waals surface area contributed by atoms with Crippen LogP contribution in [0.5, 0.6) is 0 Å².